The Morgan fingerprint density at radius 2 is 1.96 bits per heavy atom. The number of rotatable bonds is 4. The zero-order valence-electron chi connectivity index (χ0n) is 13.5. The van der Waals surface area contributed by atoms with Gasteiger partial charge in [-0.25, -0.2) is 4.98 Å². The summed E-state index contributed by atoms with van der Waals surface area (Å²) in [5, 5.41) is 0. The number of nitrogens with zero attached hydrogens (tertiary/aromatic N) is 4. The molecule has 0 aliphatic carbocycles. The van der Waals surface area contributed by atoms with Gasteiger partial charge in [-0.1, -0.05) is 18.2 Å². The van der Waals surface area contributed by atoms with Crippen molar-refractivity contribution in [2.45, 2.75) is 13.0 Å². The highest BCUT2D eigenvalue weighted by Gasteiger charge is 2.25. The number of amides is 1. The van der Waals surface area contributed by atoms with Gasteiger partial charge >= 0.3 is 0 Å². The summed E-state index contributed by atoms with van der Waals surface area (Å²) in [6.07, 6.45) is 7.16. The molecule has 25 heavy (non-hydrogen) atoms. The number of benzene rings is 1. The van der Waals surface area contributed by atoms with Crippen LogP contribution in [-0.2, 0) is 17.8 Å². The molecule has 0 radical (unpaired) electrons. The first-order valence-corrected chi connectivity index (χ1v) is 8.08. The number of hydrogen-bond acceptors (Lipinski definition) is 4. The van der Waals surface area contributed by atoms with Crippen molar-refractivity contribution < 1.29 is 9.59 Å². The summed E-state index contributed by atoms with van der Waals surface area (Å²) in [5.41, 5.74) is 2.58. The third kappa shape index (κ3) is 2.82. The number of hydrogen-bond donors (Lipinski definition) is 0. The molecular weight excluding hydrogens is 316 g/mol. The van der Waals surface area contributed by atoms with Crippen molar-refractivity contribution in [1.29, 1.82) is 0 Å². The minimum Gasteiger partial charge on any atom is -0.319 e. The molecule has 1 aliphatic heterocycles. The molecule has 124 valence electrons. The average Bonchev–Trinajstić information content (AvgIpc) is 3.28. The Bertz CT molecular complexity index is 933. The van der Waals surface area contributed by atoms with Crippen LogP contribution in [0.2, 0.25) is 0 Å². The van der Waals surface area contributed by atoms with E-state index in [-0.39, 0.29) is 24.1 Å². The van der Waals surface area contributed by atoms with E-state index in [0.29, 0.717) is 12.1 Å². The quantitative estimate of drug-likeness (QED) is 0.686. The summed E-state index contributed by atoms with van der Waals surface area (Å²) >= 11 is 0. The van der Waals surface area contributed by atoms with Crippen molar-refractivity contribution in [2.75, 3.05) is 11.4 Å². The molecule has 4 rings (SSSR count). The third-order valence-electron chi connectivity index (χ3n) is 4.34. The van der Waals surface area contributed by atoms with Crippen LogP contribution in [0.5, 0.6) is 0 Å². The molecule has 0 spiro atoms. The van der Waals surface area contributed by atoms with E-state index in [1.54, 1.807) is 34.0 Å². The van der Waals surface area contributed by atoms with Crippen LogP contribution in [0.15, 0.2) is 61.2 Å². The number of ketones is 1. The van der Waals surface area contributed by atoms with Crippen molar-refractivity contribution >= 4 is 17.4 Å². The second-order valence-corrected chi connectivity index (χ2v) is 5.87. The van der Waals surface area contributed by atoms with Gasteiger partial charge in [0, 0.05) is 42.6 Å². The van der Waals surface area contributed by atoms with Gasteiger partial charge in [0.25, 0.3) is 0 Å². The highest BCUT2D eigenvalue weighted by atomic mass is 16.2. The third-order valence-corrected chi connectivity index (χ3v) is 4.34. The molecule has 0 atom stereocenters. The lowest BCUT2D eigenvalue weighted by molar-refractivity contribution is -0.119. The maximum atomic E-state index is 12.7. The molecule has 0 saturated heterocycles. The summed E-state index contributed by atoms with van der Waals surface area (Å²) in [6, 6.07) is 11.3. The SMILES string of the molecule is O=C(c1cccnc1)c1nccn1CC(=O)N1CCc2ccccc21. The molecule has 6 heteroatoms. The van der Waals surface area contributed by atoms with Crippen LogP contribution in [-0.4, -0.2) is 32.8 Å². The fourth-order valence-corrected chi connectivity index (χ4v) is 3.10. The largest absolute Gasteiger partial charge is 0.319 e. The number of carbonyl (C=O) groups excluding carboxylic acids is 2. The molecule has 0 unspecified atom stereocenters. The molecule has 0 fully saturated rings. The molecule has 0 saturated carbocycles. The van der Waals surface area contributed by atoms with E-state index in [1.165, 1.54) is 18.0 Å². The van der Waals surface area contributed by atoms with Gasteiger partial charge in [-0.3, -0.25) is 14.6 Å². The van der Waals surface area contributed by atoms with Gasteiger partial charge in [-0.2, -0.15) is 0 Å². The predicted octanol–water partition coefficient (Wildman–Crippen LogP) is 2.10. The normalized spacial score (nSPS) is 12.9. The van der Waals surface area contributed by atoms with E-state index in [0.717, 1.165) is 12.1 Å². The monoisotopic (exact) mass is 332 g/mol. The summed E-state index contributed by atoms with van der Waals surface area (Å²) in [7, 11) is 0. The number of imidazole rings is 1. The fraction of sp³-hybridized carbons (Fsp3) is 0.158. The molecule has 6 nitrogen and oxygen atoms in total. The van der Waals surface area contributed by atoms with Crippen molar-refractivity contribution in [3.05, 3.63) is 78.1 Å². The van der Waals surface area contributed by atoms with Crippen LogP contribution in [0.25, 0.3) is 0 Å². The Kier molecular flexibility index (Phi) is 3.85. The van der Waals surface area contributed by atoms with E-state index in [1.807, 2.05) is 24.3 Å². The van der Waals surface area contributed by atoms with Crippen LogP contribution in [0.3, 0.4) is 0 Å². The highest BCUT2D eigenvalue weighted by molar-refractivity contribution is 6.06. The van der Waals surface area contributed by atoms with Gasteiger partial charge in [-0.05, 0) is 30.2 Å². The van der Waals surface area contributed by atoms with Gasteiger partial charge in [0.1, 0.15) is 6.54 Å². The first-order valence-electron chi connectivity index (χ1n) is 8.08. The van der Waals surface area contributed by atoms with Gasteiger partial charge in [0.15, 0.2) is 5.82 Å². The minimum atomic E-state index is -0.243. The van der Waals surface area contributed by atoms with E-state index in [2.05, 4.69) is 9.97 Å². The molecule has 2 aromatic heterocycles. The Morgan fingerprint density at radius 3 is 2.80 bits per heavy atom. The lowest BCUT2D eigenvalue weighted by Crippen LogP contribution is -2.33. The maximum Gasteiger partial charge on any atom is 0.246 e. The van der Waals surface area contributed by atoms with Crippen LogP contribution in [0, 0.1) is 0 Å². The number of carbonyl (C=O) groups is 2. The standard InChI is InChI=1S/C19H16N4O2/c24-17(23-10-7-14-4-1-2-6-16(14)23)13-22-11-9-21-19(22)18(25)15-5-3-8-20-12-15/h1-6,8-9,11-12H,7,10,13H2. The lowest BCUT2D eigenvalue weighted by atomic mass is 10.2. The molecule has 0 N–H and O–H groups in total. The number of aromatic nitrogens is 3. The number of para-hydroxylation sites is 1. The second-order valence-electron chi connectivity index (χ2n) is 5.87. The Morgan fingerprint density at radius 1 is 1.08 bits per heavy atom. The molecule has 0 bridgehead atoms. The molecule has 1 aliphatic rings. The van der Waals surface area contributed by atoms with E-state index >= 15 is 0 Å². The molecule has 1 aromatic carbocycles. The van der Waals surface area contributed by atoms with Crippen LogP contribution >= 0.6 is 0 Å². The van der Waals surface area contributed by atoms with E-state index in [9.17, 15) is 9.59 Å². The fourth-order valence-electron chi connectivity index (χ4n) is 3.10. The first-order chi connectivity index (χ1) is 12.2. The predicted molar refractivity (Wildman–Crippen MR) is 92.4 cm³/mol. The zero-order chi connectivity index (χ0) is 17.2. The Labute approximate surface area is 144 Å². The van der Waals surface area contributed by atoms with Crippen molar-refractivity contribution in [3.8, 4) is 0 Å². The highest BCUT2D eigenvalue weighted by Crippen LogP contribution is 2.27. The van der Waals surface area contributed by atoms with Crippen molar-refractivity contribution in [2.24, 2.45) is 0 Å². The Balaban J connectivity index is 1.56. The van der Waals surface area contributed by atoms with E-state index < -0.39 is 0 Å². The second kappa shape index (κ2) is 6.32. The zero-order valence-corrected chi connectivity index (χ0v) is 13.5. The minimum absolute atomic E-state index is 0.0526. The van der Waals surface area contributed by atoms with Gasteiger partial charge in [0.05, 0.1) is 0 Å². The van der Waals surface area contributed by atoms with Crippen molar-refractivity contribution in [1.82, 2.24) is 14.5 Å². The molecule has 3 heterocycles. The molecule has 1 amide bonds. The summed E-state index contributed by atoms with van der Waals surface area (Å²) in [5.74, 6) is -0.0512. The van der Waals surface area contributed by atoms with Gasteiger partial charge < -0.3 is 9.47 Å². The summed E-state index contributed by atoms with van der Waals surface area (Å²) < 4.78 is 1.60. The Hall–Kier alpha value is -3.28. The summed E-state index contributed by atoms with van der Waals surface area (Å²) in [4.78, 5) is 35.2. The van der Waals surface area contributed by atoms with Crippen LogP contribution in [0.1, 0.15) is 21.7 Å². The number of pyridine rings is 1. The van der Waals surface area contributed by atoms with Crippen LogP contribution < -0.4 is 4.90 Å². The van der Waals surface area contributed by atoms with E-state index in [4.69, 9.17) is 0 Å². The number of anilines is 1. The smallest absolute Gasteiger partial charge is 0.246 e. The average molecular weight is 332 g/mol. The maximum absolute atomic E-state index is 12.7. The summed E-state index contributed by atoms with van der Waals surface area (Å²) in [6.45, 7) is 0.744. The van der Waals surface area contributed by atoms with Gasteiger partial charge in [-0.15, -0.1) is 0 Å². The van der Waals surface area contributed by atoms with Crippen molar-refractivity contribution in [3.63, 3.8) is 0 Å². The van der Waals surface area contributed by atoms with Gasteiger partial charge in [0.2, 0.25) is 11.7 Å². The topological polar surface area (TPSA) is 68.1 Å². The number of fused-ring (bicyclic) bond motifs is 1. The first kappa shape index (κ1) is 15.3. The molecular formula is C19H16N4O2. The molecule has 3 aromatic rings. The van der Waals surface area contributed by atoms with Crippen LogP contribution in [0.4, 0.5) is 5.69 Å². The lowest BCUT2D eigenvalue weighted by Gasteiger charge is -2.18.